The van der Waals surface area contributed by atoms with Crippen molar-refractivity contribution in [1.29, 1.82) is 0 Å². The molecule has 0 bridgehead atoms. The molecule has 114 valence electrons. The lowest BCUT2D eigenvalue weighted by atomic mass is 10.0. The number of nitrogen functional groups attached to an aromatic ring is 1. The molecule has 0 saturated heterocycles. The Bertz CT molecular complexity index is 394. The van der Waals surface area contributed by atoms with E-state index in [0.29, 0.717) is 24.8 Å². The number of nitrogens with two attached hydrogens (primary N) is 1. The van der Waals surface area contributed by atoms with E-state index in [4.69, 9.17) is 15.2 Å². The second-order valence-corrected chi connectivity index (χ2v) is 5.22. The minimum Gasteiger partial charge on any atom is -0.491 e. The average molecular weight is 280 g/mol. The minimum absolute atomic E-state index is 0.235. The summed E-state index contributed by atoms with van der Waals surface area (Å²) in [5, 5.41) is 3.47. The highest BCUT2D eigenvalue weighted by Crippen LogP contribution is 2.30. The van der Waals surface area contributed by atoms with Crippen LogP contribution in [-0.2, 0) is 4.74 Å². The maximum absolute atomic E-state index is 6.17. The number of benzene rings is 1. The van der Waals surface area contributed by atoms with Gasteiger partial charge in [-0.25, -0.2) is 0 Å². The SMILES string of the molecule is CCCOc1cccc(NC(COCC)C(C)C)c1N. The molecule has 0 aliphatic carbocycles. The molecule has 4 nitrogen and oxygen atoms in total. The van der Waals surface area contributed by atoms with Gasteiger partial charge in [-0.15, -0.1) is 0 Å². The van der Waals surface area contributed by atoms with E-state index in [9.17, 15) is 0 Å². The van der Waals surface area contributed by atoms with Crippen LogP contribution in [0.1, 0.15) is 34.1 Å². The first kappa shape index (κ1) is 16.6. The van der Waals surface area contributed by atoms with Gasteiger partial charge in [0.1, 0.15) is 5.75 Å². The Morgan fingerprint density at radius 1 is 1.25 bits per heavy atom. The van der Waals surface area contributed by atoms with Crippen molar-refractivity contribution >= 4 is 11.4 Å². The van der Waals surface area contributed by atoms with Crippen LogP contribution in [0.25, 0.3) is 0 Å². The highest BCUT2D eigenvalue weighted by atomic mass is 16.5. The number of rotatable bonds is 9. The monoisotopic (exact) mass is 280 g/mol. The third-order valence-corrected chi connectivity index (χ3v) is 3.17. The van der Waals surface area contributed by atoms with Crippen LogP contribution in [0.2, 0.25) is 0 Å². The normalized spacial score (nSPS) is 12.4. The maximum Gasteiger partial charge on any atom is 0.144 e. The van der Waals surface area contributed by atoms with Gasteiger partial charge in [0.05, 0.1) is 30.6 Å². The van der Waals surface area contributed by atoms with Crippen molar-refractivity contribution in [1.82, 2.24) is 0 Å². The fourth-order valence-corrected chi connectivity index (χ4v) is 1.85. The first-order valence-electron chi connectivity index (χ1n) is 7.45. The summed E-state index contributed by atoms with van der Waals surface area (Å²) in [5.74, 6) is 1.21. The Morgan fingerprint density at radius 2 is 2.00 bits per heavy atom. The van der Waals surface area contributed by atoms with Gasteiger partial charge in [-0.3, -0.25) is 0 Å². The molecule has 4 heteroatoms. The largest absolute Gasteiger partial charge is 0.491 e. The van der Waals surface area contributed by atoms with Gasteiger partial charge in [0.2, 0.25) is 0 Å². The smallest absolute Gasteiger partial charge is 0.144 e. The Kier molecular flexibility index (Phi) is 7.23. The van der Waals surface area contributed by atoms with Crippen molar-refractivity contribution in [2.75, 3.05) is 30.9 Å². The van der Waals surface area contributed by atoms with Crippen molar-refractivity contribution in [3.63, 3.8) is 0 Å². The van der Waals surface area contributed by atoms with Gasteiger partial charge < -0.3 is 20.5 Å². The first-order valence-corrected chi connectivity index (χ1v) is 7.45. The number of ether oxygens (including phenoxy) is 2. The van der Waals surface area contributed by atoms with Gasteiger partial charge in [0, 0.05) is 6.61 Å². The Labute approximate surface area is 122 Å². The minimum atomic E-state index is 0.235. The molecular weight excluding hydrogens is 252 g/mol. The predicted molar refractivity (Wildman–Crippen MR) is 85.4 cm³/mol. The van der Waals surface area contributed by atoms with Gasteiger partial charge in [0.25, 0.3) is 0 Å². The van der Waals surface area contributed by atoms with Gasteiger partial charge in [-0.05, 0) is 31.4 Å². The molecule has 0 radical (unpaired) electrons. The van der Waals surface area contributed by atoms with Crippen LogP contribution in [0.15, 0.2) is 18.2 Å². The molecule has 1 rings (SSSR count). The Balaban J connectivity index is 2.78. The quantitative estimate of drug-likeness (QED) is 0.679. The zero-order valence-corrected chi connectivity index (χ0v) is 13.1. The highest BCUT2D eigenvalue weighted by Gasteiger charge is 2.15. The van der Waals surface area contributed by atoms with E-state index in [1.54, 1.807) is 0 Å². The molecule has 0 aliphatic rings. The molecule has 0 spiro atoms. The number of anilines is 2. The molecule has 1 unspecified atom stereocenters. The molecule has 3 N–H and O–H groups in total. The van der Waals surface area contributed by atoms with E-state index in [2.05, 4.69) is 26.1 Å². The summed E-state index contributed by atoms with van der Waals surface area (Å²) in [6.07, 6.45) is 0.968. The van der Waals surface area contributed by atoms with Crippen LogP contribution in [0.4, 0.5) is 11.4 Å². The molecule has 1 aromatic carbocycles. The highest BCUT2D eigenvalue weighted by molar-refractivity contribution is 5.73. The van der Waals surface area contributed by atoms with Crippen LogP contribution in [-0.4, -0.2) is 25.9 Å². The van der Waals surface area contributed by atoms with E-state index in [1.165, 1.54) is 0 Å². The van der Waals surface area contributed by atoms with Crippen LogP contribution >= 0.6 is 0 Å². The van der Waals surface area contributed by atoms with Gasteiger partial charge in [-0.2, -0.15) is 0 Å². The molecule has 1 atom stereocenters. The van der Waals surface area contributed by atoms with Gasteiger partial charge in [0.15, 0.2) is 0 Å². The lowest BCUT2D eigenvalue weighted by Crippen LogP contribution is -2.31. The van der Waals surface area contributed by atoms with E-state index in [1.807, 2.05) is 25.1 Å². The number of nitrogens with one attached hydrogen (secondary N) is 1. The van der Waals surface area contributed by atoms with Crippen LogP contribution in [0.5, 0.6) is 5.75 Å². The zero-order chi connectivity index (χ0) is 15.0. The van der Waals surface area contributed by atoms with Crippen LogP contribution < -0.4 is 15.8 Å². The molecular formula is C16H28N2O2. The van der Waals surface area contributed by atoms with Crippen molar-refractivity contribution in [2.45, 2.75) is 40.2 Å². The number of hydrogen-bond donors (Lipinski definition) is 2. The number of hydrogen-bond acceptors (Lipinski definition) is 4. The molecule has 20 heavy (non-hydrogen) atoms. The van der Waals surface area contributed by atoms with Crippen molar-refractivity contribution in [2.24, 2.45) is 5.92 Å². The van der Waals surface area contributed by atoms with E-state index >= 15 is 0 Å². The maximum atomic E-state index is 6.17. The summed E-state index contributed by atoms with van der Waals surface area (Å²) in [6.45, 7) is 10.5. The van der Waals surface area contributed by atoms with Crippen LogP contribution in [0, 0.1) is 5.92 Å². The molecule has 0 aromatic heterocycles. The zero-order valence-electron chi connectivity index (χ0n) is 13.1. The first-order chi connectivity index (χ1) is 9.60. The molecule has 0 fully saturated rings. The Hall–Kier alpha value is -1.42. The molecule has 0 saturated carbocycles. The van der Waals surface area contributed by atoms with Crippen molar-refractivity contribution < 1.29 is 9.47 Å². The second-order valence-electron chi connectivity index (χ2n) is 5.22. The lowest BCUT2D eigenvalue weighted by molar-refractivity contribution is 0.127. The number of para-hydroxylation sites is 1. The molecule has 0 heterocycles. The standard InChI is InChI=1S/C16H28N2O2/c1-5-10-20-15-9-7-8-13(16(15)17)18-14(12(3)4)11-19-6-2/h7-9,12,14,18H,5-6,10-11,17H2,1-4H3. The van der Waals surface area contributed by atoms with Gasteiger partial charge in [-0.1, -0.05) is 26.8 Å². The molecule has 1 aromatic rings. The fourth-order valence-electron chi connectivity index (χ4n) is 1.85. The molecule has 0 amide bonds. The summed E-state index contributed by atoms with van der Waals surface area (Å²) in [5.41, 5.74) is 7.76. The van der Waals surface area contributed by atoms with Crippen molar-refractivity contribution in [3.05, 3.63) is 18.2 Å². The van der Waals surface area contributed by atoms with E-state index in [0.717, 1.165) is 24.5 Å². The lowest BCUT2D eigenvalue weighted by Gasteiger charge is -2.24. The topological polar surface area (TPSA) is 56.5 Å². The third-order valence-electron chi connectivity index (χ3n) is 3.17. The fraction of sp³-hybridized carbons (Fsp3) is 0.625. The second kappa shape index (κ2) is 8.69. The van der Waals surface area contributed by atoms with Gasteiger partial charge >= 0.3 is 0 Å². The predicted octanol–water partition coefficient (Wildman–Crippen LogP) is 3.53. The summed E-state index contributed by atoms with van der Waals surface area (Å²) in [7, 11) is 0. The average Bonchev–Trinajstić information content (AvgIpc) is 2.43. The summed E-state index contributed by atoms with van der Waals surface area (Å²) in [6, 6.07) is 6.08. The summed E-state index contributed by atoms with van der Waals surface area (Å²) >= 11 is 0. The third kappa shape index (κ3) is 4.93. The summed E-state index contributed by atoms with van der Waals surface area (Å²) in [4.78, 5) is 0. The van der Waals surface area contributed by atoms with Crippen LogP contribution in [0.3, 0.4) is 0 Å². The molecule has 0 aliphatic heterocycles. The summed E-state index contributed by atoms with van der Waals surface area (Å²) < 4.78 is 11.2. The van der Waals surface area contributed by atoms with E-state index < -0.39 is 0 Å². The Morgan fingerprint density at radius 3 is 2.60 bits per heavy atom. The van der Waals surface area contributed by atoms with E-state index in [-0.39, 0.29) is 6.04 Å². The van der Waals surface area contributed by atoms with Crippen molar-refractivity contribution in [3.8, 4) is 5.75 Å².